The van der Waals surface area contributed by atoms with Crippen LogP contribution in [0.4, 0.5) is 0 Å². The monoisotopic (exact) mass is 388 g/mol. The second kappa shape index (κ2) is 7.40. The maximum absolute atomic E-state index is 12.5. The van der Waals surface area contributed by atoms with E-state index in [2.05, 4.69) is 9.97 Å². The van der Waals surface area contributed by atoms with Crippen molar-refractivity contribution >= 4 is 27.5 Å². The molecule has 2 heterocycles. The van der Waals surface area contributed by atoms with Crippen LogP contribution in [0.1, 0.15) is 39.7 Å². The number of methoxy groups -OCH3 is 2. The van der Waals surface area contributed by atoms with Crippen molar-refractivity contribution in [2.24, 2.45) is 0 Å². The van der Waals surface area contributed by atoms with E-state index in [1.807, 2.05) is 13.8 Å². The van der Waals surface area contributed by atoms with Gasteiger partial charge in [0.25, 0.3) is 5.56 Å². The average Bonchev–Trinajstić information content (AvgIpc) is 2.95. The predicted octanol–water partition coefficient (Wildman–Crippen LogP) is 3.54. The molecule has 0 aliphatic carbocycles. The van der Waals surface area contributed by atoms with Crippen LogP contribution in [0.2, 0.25) is 0 Å². The lowest BCUT2D eigenvalue weighted by Crippen LogP contribution is -2.17. The van der Waals surface area contributed by atoms with Gasteiger partial charge in [0.15, 0.2) is 11.9 Å². The van der Waals surface area contributed by atoms with Gasteiger partial charge in [-0.3, -0.25) is 4.79 Å². The molecule has 0 aliphatic rings. The van der Waals surface area contributed by atoms with Crippen LogP contribution in [0.15, 0.2) is 23.0 Å². The predicted molar refractivity (Wildman–Crippen MR) is 103 cm³/mol. The van der Waals surface area contributed by atoms with Gasteiger partial charge >= 0.3 is 5.97 Å². The summed E-state index contributed by atoms with van der Waals surface area (Å²) in [6, 6.07) is 4.78. The number of hydrogen-bond donors (Lipinski definition) is 1. The fraction of sp³-hybridized carbons (Fsp3) is 0.316. The first-order chi connectivity index (χ1) is 12.8. The number of H-pyrrole nitrogens is 1. The van der Waals surface area contributed by atoms with E-state index in [1.54, 1.807) is 25.1 Å². The van der Waals surface area contributed by atoms with E-state index in [1.165, 1.54) is 25.6 Å². The van der Waals surface area contributed by atoms with E-state index < -0.39 is 12.1 Å². The average molecular weight is 388 g/mol. The minimum atomic E-state index is -0.727. The van der Waals surface area contributed by atoms with Gasteiger partial charge in [0, 0.05) is 10.9 Å². The molecule has 3 rings (SSSR count). The van der Waals surface area contributed by atoms with E-state index in [-0.39, 0.29) is 11.1 Å². The number of hydrogen-bond acceptors (Lipinski definition) is 7. The molecule has 1 aromatic carbocycles. The lowest BCUT2D eigenvalue weighted by atomic mass is 10.2. The summed E-state index contributed by atoms with van der Waals surface area (Å²) in [5, 5.41) is 0.581. The summed E-state index contributed by atoms with van der Waals surface area (Å²) in [7, 11) is 3.00. The highest BCUT2D eigenvalue weighted by molar-refractivity contribution is 7.18. The molecular weight excluding hydrogens is 368 g/mol. The molecule has 142 valence electrons. The minimum Gasteiger partial charge on any atom is -0.497 e. The molecule has 0 saturated heterocycles. The van der Waals surface area contributed by atoms with Gasteiger partial charge in [0.1, 0.15) is 16.3 Å². The van der Waals surface area contributed by atoms with Crippen molar-refractivity contribution < 1.29 is 19.0 Å². The summed E-state index contributed by atoms with van der Waals surface area (Å²) >= 11 is 1.44. The number of rotatable bonds is 5. The lowest BCUT2D eigenvalue weighted by Gasteiger charge is -2.13. The minimum absolute atomic E-state index is 0.234. The number of carbonyl (C=O) groups is 1. The van der Waals surface area contributed by atoms with Gasteiger partial charge in [0.2, 0.25) is 0 Å². The first-order valence-corrected chi connectivity index (χ1v) is 9.09. The molecule has 1 atom stereocenters. The Morgan fingerprint density at radius 1 is 1.15 bits per heavy atom. The highest BCUT2D eigenvalue weighted by Crippen LogP contribution is 2.28. The summed E-state index contributed by atoms with van der Waals surface area (Å²) < 4.78 is 15.8. The molecule has 0 amide bonds. The highest BCUT2D eigenvalue weighted by Gasteiger charge is 2.20. The number of aromatic nitrogens is 2. The summed E-state index contributed by atoms with van der Waals surface area (Å²) in [4.78, 5) is 33.8. The van der Waals surface area contributed by atoms with Gasteiger partial charge in [-0.25, -0.2) is 9.78 Å². The fourth-order valence-corrected chi connectivity index (χ4v) is 3.71. The van der Waals surface area contributed by atoms with E-state index in [9.17, 15) is 9.59 Å². The molecule has 0 saturated carbocycles. The van der Waals surface area contributed by atoms with Crippen molar-refractivity contribution in [3.05, 3.63) is 50.4 Å². The Hall–Kier alpha value is -2.87. The van der Waals surface area contributed by atoms with Crippen molar-refractivity contribution in [2.45, 2.75) is 26.9 Å². The van der Waals surface area contributed by atoms with Crippen LogP contribution in [-0.4, -0.2) is 30.2 Å². The first-order valence-electron chi connectivity index (χ1n) is 8.28. The van der Waals surface area contributed by atoms with Crippen molar-refractivity contribution in [1.82, 2.24) is 9.97 Å². The molecular formula is C19H20N2O5S. The zero-order valence-electron chi connectivity index (χ0n) is 15.7. The number of aromatic amines is 1. The quantitative estimate of drug-likeness (QED) is 0.673. The van der Waals surface area contributed by atoms with Crippen molar-refractivity contribution in [1.29, 1.82) is 0 Å². The topological polar surface area (TPSA) is 90.5 Å². The molecule has 0 aliphatic heterocycles. The van der Waals surface area contributed by atoms with E-state index >= 15 is 0 Å². The number of nitrogens with one attached hydrogen (secondary N) is 1. The number of thiophene rings is 1. The number of benzene rings is 1. The van der Waals surface area contributed by atoms with E-state index in [4.69, 9.17) is 14.2 Å². The summed E-state index contributed by atoms with van der Waals surface area (Å²) in [6.07, 6.45) is -0.727. The smallest absolute Gasteiger partial charge is 0.339 e. The number of ether oxygens (including phenoxy) is 3. The van der Waals surface area contributed by atoms with Gasteiger partial charge in [0.05, 0.1) is 25.2 Å². The Kier molecular flexibility index (Phi) is 5.18. The number of fused-ring (bicyclic) bond motifs is 1. The molecule has 0 spiro atoms. The maximum atomic E-state index is 12.5. The molecule has 1 unspecified atom stereocenters. The number of esters is 1. The third-order valence-electron chi connectivity index (χ3n) is 4.31. The summed E-state index contributed by atoms with van der Waals surface area (Å²) in [5.41, 5.74) is 0.968. The zero-order chi connectivity index (χ0) is 19.7. The number of aryl methyl sites for hydroxylation is 2. The van der Waals surface area contributed by atoms with Crippen LogP contribution in [0, 0.1) is 13.8 Å². The summed E-state index contributed by atoms with van der Waals surface area (Å²) in [6.45, 7) is 5.50. The van der Waals surface area contributed by atoms with Crippen LogP contribution >= 0.6 is 11.3 Å². The second-order valence-electron chi connectivity index (χ2n) is 6.06. The second-order valence-corrected chi connectivity index (χ2v) is 7.27. The van der Waals surface area contributed by atoms with E-state index in [0.29, 0.717) is 27.5 Å². The first kappa shape index (κ1) is 18.9. The van der Waals surface area contributed by atoms with Crippen molar-refractivity contribution in [3.8, 4) is 11.5 Å². The zero-order valence-corrected chi connectivity index (χ0v) is 16.5. The van der Waals surface area contributed by atoms with Gasteiger partial charge in [-0.05, 0) is 38.5 Å². The van der Waals surface area contributed by atoms with E-state index in [0.717, 1.165) is 10.4 Å². The van der Waals surface area contributed by atoms with Crippen LogP contribution in [0.3, 0.4) is 0 Å². The molecule has 0 fully saturated rings. The third-order valence-corrected chi connectivity index (χ3v) is 5.41. The Bertz CT molecular complexity index is 1050. The molecule has 1 N–H and O–H groups in total. The molecule has 0 bridgehead atoms. The Balaban J connectivity index is 1.89. The third kappa shape index (κ3) is 3.66. The Morgan fingerprint density at radius 3 is 2.37 bits per heavy atom. The van der Waals surface area contributed by atoms with Crippen LogP contribution in [0.5, 0.6) is 11.5 Å². The molecule has 7 nitrogen and oxygen atoms in total. The molecule has 0 radical (unpaired) electrons. The van der Waals surface area contributed by atoms with Gasteiger partial charge in [-0.2, -0.15) is 0 Å². The van der Waals surface area contributed by atoms with Crippen LogP contribution in [-0.2, 0) is 4.74 Å². The fourth-order valence-electron chi connectivity index (χ4n) is 2.67. The van der Waals surface area contributed by atoms with Gasteiger partial charge < -0.3 is 19.2 Å². The molecule has 2 aromatic heterocycles. The van der Waals surface area contributed by atoms with Gasteiger partial charge in [-0.15, -0.1) is 11.3 Å². The normalized spacial score (nSPS) is 12.0. The number of carbonyl (C=O) groups excluding carboxylic acids is 1. The van der Waals surface area contributed by atoms with Crippen LogP contribution in [0.25, 0.3) is 10.2 Å². The molecule has 3 aromatic rings. The standard InChI is InChI=1S/C19H20N2O5S/c1-9-11(3)27-18-15(9)17(22)20-16(21-18)10(2)26-19(23)12-6-13(24-4)8-14(7-12)25-5/h6-8,10H,1-5H3,(H,20,21,22). The molecule has 8 heteroatoms. The maximum Gasteiger partial charge on any atom is 0.339 e. The lowest BCUT2D eigenvalue weighted by molar-refractivity contribution is 0.0319. The summed E-state index contributed by atoms with van der Waals surface area (Å²) in [5.74, 6) is 0.691. The number of nitrogens with zero attached hydrogens (tertiary/aromatic N) is 1. The van der Waals surface area contributed by atoms with Crippen molar-refractivity contribution in [3.63, 3.8) is 0 Å². The largest absolute Gasteiger partial charge is 0.497 e. The van der Waals surface area contributed by atoms with Crippen LogP contribution < -0.4 is 15.0 Å². The molecule has 27 heavy (non-hydrogen) atoms. The Morgan fingerprint density at radius 2 is 1.78 bits per heavy atom. The SMILES string of the molecule is COc1cc(OC)cc(C(=O)OC(C)c2nc3sc(C)c(C)c3c(=O)[nH]2)c1. The van der Waals surface area contributed by atoms with Crippen molar-refractivity contribution in [2.75, 3.05) is 14.2 Å². The Labute approximate surface area is 159 Å². The highest BCUT2D eigenvalue weighted by atomic mass is 32.1. The van der Waals surface area contributed by atoms with Gasteiger partial charge in [-0.1, -0.05) is 0 Å².